The molecule has 3 amide bonds. The number of alkyl halides is 1. The highest BCUT2D eigenvalue weighted by atomic mass is 79.9. The second kappa shape index (κ2) is 16.2. The molecule has 3 saturated heterocycles. The number of amides is 3. The molecule has 3 heterocycles. The van der Waals surface area contributed by atoms with Crippen molar-refractivity contribution in [3.8, 4) is 0 Å². The van der Waals surface area contributed by atoms with Crippen molar-refractivity contribution in [3.63, 3.8) is 0 Å². The lowest BCUT2D eigenvalue weighted by Gasteiger charge is -2.37. The summed E-state index contributed by atoms with van der Waals surface area (Å²) in [5, 5.41) is 9.91. The van der Waals surface area contributed by atoms with Gasteiger partial charge in [-0.3, -0.25) is 19.2 Å². The van der Waals surface area contributed by atoms with Crippen LogP contribution >= 0.6 is 27.5 Å². The molecule has 1 N–H and O–H groups in total. The van der Waals surface area contributed by atoms with Gasteiger partial charge in [0.25, 0.3) is 5.91 Å². The third-order valence-electron chi connectivity index (χ3n) is 10.2. The van der Waals surface area contributed by atoms with E-state index in [4.69, 9.17) is 21.1 Å². The van der Waals surface area contributed by atoms with Crippen molar-refractivity contribution < 1.29 is 33.8 Å². The number of allylic oxidation sites excluding steroid dienone is 1. The molecule has 2 aromatic rings. The molecular formula is C38H45BrClN3O7. The SMILES string of the molecule is C=CCCC(=O)N(C)[C@@H](C)[C@@H](OC(=O)[C@H]1[C@@H]2O[C@@]3(CC2Br)[C@@H]1C(=O)N(CCCCO)[C@@H]3C(=O)N(CC=C)c1ccccc1Cl)c1ccccc1. The number of aliphatic hydroxyl groups excluding tert-OH is 1. The molecule has 0 saturated carbocycles. The van der Waals surface area contributed by atoms with Crippen molar-refractivity contribution in [3.05, 3.63) is 90.5 Å². The van der Waals surface area contributed by atoms with Gasteiger partial charge in [-0.25, -0.2) is 0 Å². The first-order valence-corrected chi connectivity index (χ1v) is 18.3. The minimum Gasteiger partial charge on any atom is -0.455 e. The Hall–Kier alpha value is -3.51. The first-order valence-electron chi connectivity index (χ1n) is 17.0. The number of fused-ring (bicyclic) bond motifs is 1. The summed E-state index contributed by atoms with van der Waals surface area (Å²) in [6.45, 7) is 9.62. The number of ether oxygens (including phenoxy) is 2. The highest BCUT2D eigenvalue weighted by molar-refractivity contribution is 9.09. The van der Waals surface area contributed by atoms with E-state index in [1.54, 1.807) is 48.4 Å². The fraction of sp³-hybridized carbons (Fsp3) is 0.474. The normalized spacial score (nSPS) is 26.2. The Labute approximate surface area is 307 Å². The predicted molar refractivity (Wildman–Crippen MR) is 195 cm³/mol. The van der Waals surface area contributed by atoms with Crippen LogP contribution in [0.25, 0.3) is 0 Å². The summed E-state index contributed by atoms with van der Waals surface area (Å²) in [6, 6.07) is 14.5. The van der Waals surface area contributed by atoms with Crippen molar-refractivity contribution in [2.45, 2.75) is 73.7 Å². The van der Waals surface area contributed by atoms with Crippen LogP contribution in [0.3, 0.4) is 0 Å². The van der Waals surface area contributed by atoms with Crippen LogP contribution in [0.15, 0.2) is 79.9 Å². The van der Waals surface area contributed by atoms with Gasteiger partial charge in [0.2, 0.25) is 11.8 Å². The molecule has 3 aliphatic rings. The smallest absolute Gasteiger partial charge is 0.313 e. The highest BCUT2D eigenvalue weighted by Gasteiger charge is 2.77. The van der Waals surface area contributed by atoms with Gasteiger partial charge in [-0.1, -0.05) is 82.1 Å². The van der Waals surface area contributed by atoms with E-state index < -0.39 is 53.6 Å². The van der Waals surface area contributed by atoms with Crippen molar-refractivity contribution >= 4 is 56.9 Å². The fourth-order valence-electron chi connectivity index (χ4n) is 7.69. The third kappa shape index (κ3) is 7.02. The molecule has 12 heteroatoms. The van der Waals surface area contributed by atoms with Gasteiger partial charge < -0.3 is 29.3 Å². The van der Waals surface area contributed by atoms with Crippen molar-refractivity contribution in [2.24, 2.45) is 11.8 Å². The maximum absolute atomic E-state index is 14.8. The van der Waals surface area contributed by atoms with Gasteiger partial charge in [0.1, 0.15) is 17.7 Å². The number of likely N-dealkylation sites (N-methyl/N-ethyl adjacent to an activating group) is 1. The summed E-state index contributed by atoms with van der Waals surface area (Å²) >= 11 is 10.3. The lowest BCUT2D eigenvalue weighted by atomic mass is 9.70. The molecule has 0 radical (unpaired) electrons. The molecule has 0 aromatic heterocycles. The first-order chi connectivity index (χ1) is 24.0. The van der Waals surface area contributed by atoms with Crippen LogP contribution < -0.4 is 4.90 Å². The molecule has 50 heavy (non-hydrogen) atoms. The number of esters is 1. The van der Waals surface area contributed by atoms with Crippen LogP contribution in [0.4, 0.5) is 5.69 Å². The minimum absolute atomic E-state index is 0.0714. The molecule has 0 aliphatic carbocycles. The highest BCUT2D eigenvalue weighted by Crippen LogP contribution is 2.60. The molecule has 3 fully saturated rings. The average molecular weight is 771 g/mol. The van der Waals surface area contributed by atoms with Crippen LogP contribution in [-0.2, 0) is 28.7 Å². The Balaban J connectivity index is 1.52. The summed E-state index contributed by atoms with van der Waals surface area (Å²) in [6.07, 6.45) is 3.65. The quantitative estimate of drug-likeness (QED) is 0.104. The largest absolute Gasteiger partial charge is 0.455 e. The third-order valence-corrected chi connectivity index (χ3v) is 11.4. The molecule has 1 spiro atoms. The van der Waals surface area contributed by atoms with Crippen LogP contribution in [-0.4, -0.2) is 94.0 Å². The Morgan fingerprint density at radius 3 is 2.50 bits per heavy atom. The van der Waals surface area contributed by atoms with E-state index in [0.717, 1.165) is 0 Å². The second-order valence-corrected chi connectivity index (χ2v) is 14.7. The second-order valence-electron chi connectivity index (χ2n) is 13.2. The summed E-state index contributed by atoms with van der Waals surface area (Å²) in [5.41, 5.74) is -0.170. The standard InChI is InChI=1S/C38H45BrClN3O7/c1-5-7-19-29(45)41(4)24(3)32(25-15-9-8-10-16-25)49-37(48)30-31-35(46)43(21-13-14-22-44)34(38(31)23-26(39)33(30)50-38)36(47)42(20-6-2)28-18-12-11-17-27(28)40/h5-6,8-12,15-18,24,26,30-34,44H,1-2,7,13-14,19-23H2,3-4H3/t24-,26?,30+,31-,32+,33+,34+,38-/m0/s1. The van der Waals surface area contributed by atoms with Gasteiger partial charge in [0, 0.05) is 38.0 Å². The molecule has 5 rings (SSSR count). The van der Waals surface area contributed by atoms with Crippen molar-refractivity contribution in [2.75, 3.05) is 31.6 Å². The van der Waals surface area contributed by atoms with Crippen LogP contribution in [0.1, 0.15) is 50.7 Å². The van der Waals surface area contributed by atoms with Crippen LogP contribution in [0.5, 0.6) is 0 Å². The summed E-state index contributed by atoms with van der Waals surface area (Å²) in [7, 11) is 1.68. The number of carbonyl (C=O) groups is 4. The Morgan fingerprint density at radius 1 is 1.14 bits per heavy atom. The zero-order valence-corrected chi connectivity index (χ0v) is 30.8. The fourth-order valence-corrected chi connectivity index (χ4v) is 8.87. The zero-order valence-electron chi connectivity index (χ0n) is 28.5. The van der Waals surface area contributed by atoms with E-state index >= 15 is 0 Å². The number of benzene rings is 2. The summed E-state index contributed by atoms with van der Waals surface area (Å²) in [5.74, 6) is -3.54. The number of aliphatic hydroxyl groups is 1. The maximum Gasteiger partial charge on any atom is 0.313 e. The summed E-state index contributed by atoms with van der Waals surface area (Å²) in [4.78, 5) is 61.1. The number of rotatable bonds is 16. The first kappa shape index (κ1) is 37.7. The number of nitrogens with zero attached hydrogens (tertiary/aromatic N) is 3. The average Bonchev–Trinajstić information content (AvgIpc) is 3.71. The van der Waals surface area contributed by atoms with Gasteiger partial charge in [-0.15, -0.1) is 13.2 Å². The Morgan fingerprint density at radius 2 is 1.84 bits per heavy atom. The van der Waals surface area contributed by atoms with E-state index in [1.807, 2.05) is 37.3 Å². The lowest BCUT2D eigenvalue weighted by Crippen LogP contribution is -2.57. The van der Waals surface area contributed by atoms with Crippen LogP contribution in [0.2, 0.25) is 5.02 Å². The van der Waals surface area contributed by atoms with Gasteiger partial charge in [0.15, 0.2) is 0 Å². The number of halogens is 2. The number of anilines is 1. The van der Waals surface area contributed by atoms with E-state index in [2.05, 4.69) is 29.1 Å². The van der Waals surface area contributed by atoms with Gasteiger partial charge in [-0.05, 0) is 50.3 Å². The number of likely N-dealkylation sites (tertiary alicyclic amines) is 1. The molecule has 2 aromatic carbocycles. The molecule has 268 valence electrons. The number of para-hydroxylation sites is 1. The maximum atomic E-state index is 14.8. The molecular weight excluding hydrogens is 726 g/mol. The summed E-state index contributed by atoms with van der Waals surface area (Å²) < 4.78 is 13.0. The minimum atomic E-state index is -1.33. The van der Waals surface area contributed by atoms with E-state index in [9.17, 15) is 24.3 Å². The molecule has 1 unspecified atom stereocenters. The number of hydrogen-bond acceptors (Lipinski definition) is 7. The molecule has 8 atom stereocenters. The van der Waals surface area contributed by atoms with E-state index in [0.29, 0.717) is 42.0 Å². The lowest BCUT2D eigenvalue weighted by molar-refractivity contribution is -0.164. The van der Waals surface area contributed by atoms with Gasteiger partial charge in [-0.2, -0.15) is 0 Å². The topological polar surface area (TPSA) is 117 Å². The molecule has 10 nitrogen and oxygen atoms in total. The molecule has 2 bridgehead atoms. The number of carbonyl (C=O) groups excluding carboxylic acids is 4. The monoisotopic (exact) mass is 769 g/mol. The van der Waals surface area contributed by atoms with Crippen molar-refractivity contribution in [1.29, 1.82) is 0 Å². The molecule has 3 aliphatic heterocycles. The van der Waals surface area contributed by atoms with E-state index in [-0.39, 0.29) is 42.8 Å². The van der Waals surface area contributed by atoms with Gasteiger partial charge in [0.05, 0.1) is 34.7 Å². The Bertz CT molecular complexity index is 1590. The van der Waals surface area contributed by atoms with E-state index in [1.165, 1.54) is 9.80 Å². The van der Waals surface area contributed by atoms with Crippen molar-refractivity contribution in [1.82, 2.24) is 9.80 Å². The predicted octanol–water partition coefficient (Wildman–Crippen LogP) is 5.48. The zero-order chi connectivity index (χ0) is 36.2. The Kier molecular flexibility index (Phi) is 12.2. The van der Waals surface area contributed by atoms with Gasteiger partial charge >= 0.3 is 5.97 Å². The number of hydrogen-bond donors (Lipinski definition) is 1. The van der Waals surface area contributed by atoms with Crippen LogP contribution in [0, 0.1) is 11.8 Å². The number of unbranched alkanes of at least 4 members (excludes halogenated alkanes) is 1.